The Labute approximate surface area is 136 Å². The van der Waals surface area contributed by atoms with E-state index < -0.39 is 0 Å². The summed E-state index contributed by atoms with van der Waals surface area (Å²) in [5, 5.41) is 0.684. The van der Waals surface area contributed by atoms with Gasteiger partial charge in [0.05, 0.1) is 6.61 Å². The molecule has 0 N–H and O–H groups in total. The lowest BCUT2D eigenvalue weighted by atomic mass is 10.1. The van der Waals surface area contributed by atoms with Crippen LogP contribution in [0, 0.1) is 0 Å². The second-order valence-corrected chi connectivity index (χ2v) is 5.45. The molecule has 0 aliphatic carbocycles. The van der Waals surface area contributed by atoms with Crippen molar-refractivity contribution in [3.05, 3.63) is 70.2 Å². The fourth-order valence-corrected chi connectivity index (χ4v) is 2.45. The second kappa shape index (κ2) is 7.97. The Morgan fingerprint density at radius 2 is 1.82 bits per heavy atom. The number of rotatable bonds is 6. The summed E-state index contributed by atoms with van der Waals surface area (Å²) in [6.07, 6.45) is 0. The SMILES string of the molecule is CCN(Cc1ccccc1Cl)C(=O)c1ccc(COC)cc1. The number of methoxy groups -OCH3 is 1. The number of hydrogen-bond donors (Lipinski definition) is 0. The topological polar surface area (TPSA) is 29.5 Å². The number of amides is 1. The monoisotopic (exact) mass is 317 g/mol. The van der Waals surface area contributed by atoms with Crippen LogP contribution in [-0.4, -0.2) is 24.5 Å². The van der Waals surface area contributed by atoms with E-state index in [0.29, 0.717) is 30.3 Å². The molecule has 0 saturated carbocycles. The summed E-state index contributed by atoms with van der Waals surface area (Å²) in [7, 11) is 1.65. The Hall–Kier alpha value is -1.84. The molecule has 0 bridgehead atoms. The number of carbonyl (C=O) groups is 1. The third-order valence-electron chi connectivity index (χ3n) is 3.50. The van der Waals surface area contributed by atoms with Gasteiger partial charge in [-0.2, -0.15) is 0 Å². The molecule has 2 rings (SSSR count). The van der Waals surface area contributed by atoms with Crippen LogP contribution < -0.4 is 0 Å². The van der Waals surface area contributed by atoms with Crippen molar-refractivity contribution in [3.8, 4) is 0 Å². The second-order valence-electron chi connectivity index (χ2n) is 5.04. The van der Waals surface area contributed by atoms with Gasteiger partial charge in [0.1, 0.15) is 0 Å². The van der Waals surface area contributed by atoms with E-state index in [2.05, 4.69) is 0 Å². The minimum Gasteiger partial charge on any atom is -0.380 e. The minimum absolute atomic E-state index is 0.00591. The van der Waals surface area contributed by atoms with E-state index in [4.69, 9.17) is 16.3 Å². The van der Waals surface area contributed by atoms with E-state index >= 15 is 0 Å². The van der Waals surface area contributed by atoms with Crippen LogP contribution in [0.5, 0.6) is 0 Å². The molecular weight excluding hydrogens is 298 g/mol. The highest BCUT2D eigenvalue weighted by molar-refractivity contribution is 6.31. The Morgan fingerprint density at radius 1 is 1.14 bits per heavy atom. The van der Waals surface area contributed by atoms with E-state index in [1.54, 1.807) is 12.0 Å². The van der Waals surface area contributed by atoms with Crippen LogP contribution in [0.15, 0.2) is 48.5 Å². The number of carbonyl (C=O) groups excluding carboxylic acids is 1. The number of ether oxygens (including phenoxy) is 1. The minimum atomic E-state index is 0.00591. The highest BCUT2D eigenvalue weighted by Crippen LogP contribution is 2.18. The predicted octanol–water partition coefficient (Wildman–Crippen LogP) is 4.15. The van der Waals surface area contributed by atoms with Gasteiger partial charge in [-0.05, 0) is 36.2 Å². The first kappa shape index (κ1) is 16.5. The van der Waals surface area contributed by atoms with Crippen molar-refractivity contribution in [2.45, 2.75) is 20.1 Å². The summed E-state index contributed by atoms with van der Waals surface area (Å²) >= 11 is 6.18. The smallest absolute Gasteiger partial charge is 0.254 e. The van der Waals surface area contributed by atoms with Crippen LogP contribution in [0.3, 0.4) is 0 Å². The van der Waals surface area contributed by atoms with Gasteiger partial charge in [-0.3, -0.25) is 4.79 Å². The molecule has 0 aromatic heterocycles. The first-order valence-corrected chi connectivity index (χ1v) is 7.64. The lowest BCUT2D eigenvalue weighted by Gasteiger charge is -2.21. The van der Waals surface area contributed by atoms with Crippen LogP contribution >= 0.6 is 11.6 Å². The van der Waals surface area contributed by atoms with Gasteiger partial charge in [-0.25, -0.2) is 0 Å². The molecule has 2 aromatic rings. The standard InChI is InChI=1S/C18H20ClNO2/c1-3-20(12-16-6-4-5-7-17(16)19)18(21)15-10-8-14(9-11-15)13-22-2/h4-11H,3,12-13H2,1-2H3. The van der Waals surface area contributed by atoms with Crippen molar-refractivity contribution < 1.29 is 9.53 Å². The van der Waals surface area contributed by atoms with E-state index in [9.17, 15) is 4.79 Å². The zero-order chi connectivity index (χ0) is 15.9. The Bertz CT molecular complexity index is 625. The van der Waals surface area contributed by atoms with Gasteiger partial charge in [0.2, 0.25) is 0 Å². The molecule has 0 atom stereocenters. The molecule has 0 aliphatic rings. The third kappa shape index (κ3) is 4.09. The fraction of sp³-hybridized carbons (Fsp3) is 0.278. The molecule has 4 heteroatoms. The average molecular weight is 318 g/mol. The van der Waals surface area contributed by atoms with Gasteiger partial charge in [0.25, 0.3) is 5.91 Å². The zero-order valence-electron chi connectivity index (χ0n) is 12.9. The molecule has 0 aliphatic heterocycles. The largest absolute Gasteiger partial charge is 0.380 e. The molecule has 0 radical (unpaired) electrons. The van der Waals surface area contributed by atoms with Gasteiger partial charge in [-0.15, -0.1) is 0 Å². The molecule has 0 saturated heterocycles. The molecule has 2 aromatic carbocycles. The summed E-state index contributed by atoms with van der Waals surface area (Å²) in [5.41, 5.74) is 2.68. The predicted molar refractivity (Wildman–Crippen MR) is 89.0 cm³/mol. The van der Waals surface area contributed by atoms with E-state index in [-0.39, 0.29) is 5.91 Å². The quantitative estimate of drug-likeness (QED) is 0.801. The summed E-state index contributed by atoms with van der Waals surface area (Å²) < 4.78 is 5.08. The van der Waals surface area contributed by atoms with Gasteiger partial charge in [0, 0.05) is 30.8 Å². The van der Waals surface area contributed by atoms with Gasteiger partial charge in [0.15, 0.2) is 0 Å². The molecular formula is C18H20ClNO2. The zero-order valence-corrected chi connectivity index (χ0v) is 13.6. The van der Waals surface area contributed by atoms with Crippen molar-refractivity contribution in [3.63, 3.8) is 0 Å². The van der Waals surface area contributed by atoms with E-state index in [0.717, 1.165) is 11.1 Å². The summed E-state index contributed by atoms with van der Waals surface area (Å²) in [6, 6.07) is 15.1. The molecule has 3 nitrogen and oxygen atoms in total. The Morgan fingerprint density at radius 3 is 2.41 bits per heavy atom. The van der Waals surface area contributed by atoms with Gasteiger partial charge >= 0.3 is 0 Å². The fourth-order valence-electron chi connectivity index (χ4n) is 2.25. The summed E-state index contributed by atoms with van der Waals surface area (Å²) in [6.45, 7) is 3.65. The van der Waals surface area contributed by atoms with Crippen LogP contribution in [0.25, 0.3) is 0 Å². The van der Waals surface area contributed by atoms with Crippen LogP contribution in [0.4, 0.5) is 0 Å². The van der Waals surface area contributed by atoms with Crippen LogP contribution in [0.2, 0.25) is 5.02 Å². The van der Waals surface area contributed by atoms with Crippen molar-refractivity contribution in [1.82, 2.24) is 4.90 Å². The number of halogens is 1. The van der Waals surface area contributed by atoms with E-state index in [1.165, 1.54) is 0 Å². The maximum absolute atomic E-state index is 12.6. The number of benzene rings is 2. The first-order valence-electron chi connectivity index (χ1n) is 7.26. The van der Waals surface area contributed by atoms with Gasteiger partial charge in [-0.1, -0.05) is 41.9 Å². The molecule has 22 heavy (non-hydrogen) atoms. The van der Waals surface area contributed by atoms with Crippen molar-refractivity contribution in [2.75, 3.05) is 13.7 Å². The van der Waals surface area contributed by atoms with Gasteiger partial charge < -0.3 is 9.64 Å². The lowest BCUT2D eigenvalue weighted by Crippen LogP contribution is -2.30. The van der Waals surface area contributed by atoms with Crippen molar-refractivity contribution in [1.29, 1.82) is 0 Å². The van der Waals surface area contributed by atoms with Crippen molar-refractivity contribution >= 4 is 17.5 Å². The molecule has 0 spiro atoms. The van der Waals surface area contributed by atoms with Crippen molar-refractivity contribution in [2.24, 2.45) is 0 Å². The molecule has 0 fully saturated rings. The average Bonchev–Trinajstić information content (AvgIpc) is 2.54. The summed E-state index contributed by atoms with van der Waals surface area (Å²) in [5.74, 6) is 0.00591. The summed E-state index contributed by atoms with van der Waals surface area (Å²) in [4.78, 5) is 14.4. The normalized spacial score (nSPS) is 10.5. The Balaban J connectivity index is 2.13. The van der Waals surface area contributed by atoms with E-state index in [1.807, 2.05) is 55.5 Å². The highest BCUT2D eigenvalue weighted by Gasteiger charge is 2.15. The maximum Gasteiger partial charge on any atom is 0.254 e. The number of nitrogens with zero attached hydrogens (tertiary/aromatic N) is 1. The number of hydrogen-bond acceptors (Lipinski definition) is 2. The molecule has 116 valence electrons. The first-order chi connectivity index (χ1) is 10.7. The maximum atomic E-state index is 12.6. The molecule has 1 amide bonds. The highest BCUT2D eigenvalue weighted by atomic mass is 35.5. The molecule has 0 unspecified atom stereocenters. The van der Waals surface area contributed by atoms with Crippen LogP contribution in [0.1, 0.15) is 28.4 Å². The third-order valence-corrected chi connectivity index (χ3v) is 3.87. The van der Waals surface area contributed by atoms with Crippen LogP contribution in [-0.2, 0) is 17.9 Å². The molecule has 0 heterocycles. The lowest BCUT2D eigenvalue weighted by molar-refractivity contribution is 0.0752. The Kier molecular flexibility index (Phi) is 5.99.